The fourth-order valence-electron chi connectivity index (χ4n) is 2.10. The fraction of sp³-hybridized carbons (Fsp3) is 0.438. The molecule has 1 heterocycles. The Morgan fingerprint density at radius 3 is 2.70 bits per heavy atom. The summed E-state index contributed by atoms with van der Waals surface area (Å²) >= 11 is 0. The van der Waals surface area contributed by atoms with E-state index in [1.165, 1.54) is 18.4 Å². The third-order valence-electron chi connectivity index (χ3n) is 3.29. The van der Waals surface area contributed by atoms with Crippen LogP contribution in [0.2, 0.25) is 0 Å². The number of hydrogen-bond acceptors (Lipinski definition) is 3. The molecule has 0 bridgehead atoms. The molecule has 0 saturated carbocycles. The molecule has 0 amide bonds. The number of benzene rings is 1. The molecule has 20 heavy (non-hydrogen) atoms. The van der Waals surface area contributed by atoms with Crippen LogP contribution < -0.4 is 5.32 Å². The number of rotatable bonds is 8. The van der Waals surface area contributed by atoms with Crippen LogP contribution in [-0.4, -0.2) is 21.5 Å². The maximum atomic E-state index is 8.85. The van der Waals surface area contributed by atoms with Gasteiger partial charge in [0.2, 0.25) is 0 Å². The van der Waals surface area contributed by atoms with Crippen molar-refractivity contribution in [2.45, 2.75) is 39.3 Å². The predicted molar refractivity (Wildman–Crippen MR) is 81.7 cm³/mol. The summed E-state index contributed by atoms with van der Waals surface area (Å²) in [6, 6.07) is 8.63. The number of nitrogens with zero attached hydrogens (tertiary/aromatic N) is 2. The Bertz CT molecular complexity index is 505. The Hall–Kier alpha value is -1.81. The second-order valence-corrected chi connectivity index (χ2v) is 4.99. The molecule has 2 N–H and O–H groups in total. The summed E-state index contributed by atoms with van der Waals surface area (Å²) in [7, 11) is 0. The third-order valence-corrected chi connectivity index (χ3v) is 3.29. The van der Waals surface area contributed by atoms with E-state index < -0.39 is 0 Å². The first-order chi connectivity index (χ1) is 9.81. The summed E-state index contributed by atoms with van der Waals surface area (Å²) in [4.78, 5) is 0. The zero-order chi connectivity index (χ0) is 14.2. The molecule has 0 atom stereocenters. The van der Waals surface area contributed by atoms with Gasteiger partial charge in [0.15, 0.2) is 0 Å². The minimum Gasteiger partial charge on any atom is -0.394 e. The van der Waals surface area contributed by atoms with Crippen molar-refractivity contribution in [2.24, 2.45) is 0 Å². The van der Waals surface area contributed by atoms with E-state index in [2.05, 4.69) is 41.6 Å². The molecular formula is C16H23N3O. The number of unbranched alkanes of at least 4 members (excludes halogenated alkanes) is 1. The van der Waals surface area contributed by atoms with Crippen molar-refractivity contribution < 1.29 is 5.11 Å². The second-order valence-electron chi connectivity index (χ2n) is 4.99. The van der Waals surface area contributed by atoms with Gasteiger partial charge in [0.25, 0.3) is 0 Å². The van der Waals surface area contributed by atoms with Crippen LogP contribution in [0.25, 0.3) is 0 Å². The lowest BCUT2D eigenvalue weighted by Gasteiger charge is -2.06. The third kappa shape index (κ3) is 4.38. The quantitative estimate of drug-likeness (QED) is 0.777. The van der Waals surface area contributed by atoms with Gasteiger partial charge in [-0.15, -0.1) is 0 Å². The smallest absolute Gasteiger partial charge is 0.0640 e. The first-order valence-corrected chi connectivity index (χ1v) is 7.27. The Morgan fingerprint density at radius 2 is 2.00 bits per heavy atom. The average molecular weight is 273 g/mol. The Morgan fingerprint density at radius 1 is 1.20 bits per heavy atom. The molecule has 0 aliphatic carbocycles. The number of nitrogens with one attached hydrogen (secondary N) is 1. The zero-order valence-electron chi connectivity index (χ0n) is 12.0. The molecule has 0 saturated heterocycles. The van der Waals surface area contributed by atoms with Gasteiger partial charge in [-0.05, 0) is 30.5 Å². The van der Waals surface area contributed by atoms with Gasteiger partial charge < -0.3 is 10.4 Å². The van der Waals surface area contributed by atoms with Crippen molar-refractivity contribution in [1.82, 2.24) is 9.78 Å². The fourth-order valence-corrected chi connectivity index (χ4v) is 2.10. The van der Waals surface area contributed by atoms with E-state index in [-0.39, 0.29) is 6.61 Å². The summed E-state index contributed by atoms with van der Waals surface area (Å²) in [6.07, 6.45) is 7.43. The lowest BCUT2D eigenvalue weighted by Crippen LogP contribution is -2.02. The molecule has 108 valence electrons. The average Bonchev–Trinajstić information content (AvgIpc) is 2.92. The largest absolute Gasteiger partial charge is 0.394 e. The predicted octanol–water partition coefficient (Wildman–Crippen LogP) is 2.83. The molecule has 0 unspecified atom stereocenters. The van der Waals surface area contributed by atoms with E-state index in [1.54, 1.807) is 4.68 Å². The van der Waals surface area contributed by atoms with E-state index in [9.17, 15) is 0 Å². The number of aromatic nitrogens is 2. The molecule has 0 aliphatic rings. The van der Waals surface area contributed by atoms with Gasteiger partial charge in [-0.1, -0.05) is 25.5 Å². The highest BCUT2D eigenvalue weighted by molar-refractivity contribution is 5.45. The zero-order valence-corrected chi connectivity index (χ0v) is 12.0. The SMILES string of the molecule is CCCCc1ccc(NCc2cnn(CCO)c2)cc1. The maximum absolute atomic E-state index is 8.85. The van der Waals surface area contributed by atoms with Crippen molar-refractivity contribution in [3.8, 4) is 0 Å². The molecule has 2 rings (SSSR count). The number of hydrogen-bond donors (Lipinski definition) is 2. The van der Waals surface area contributed by atoms with E-state index in [4.69, 9.17) is 5.11 Å². The van der Waals surface area contributed by atoms with Crippen molar-refractivity contribution in [3.63, 3.8) is 0 Å². The van der Waals surface area contributed by atoms with Gasteiger partial charge in [-0.2, -0.15) is 5.10 Å². The summed E-state index contributed by atoms with van der Waals surface area (Å²) in [5, 5.41) is 16.4. The molecule has 4 heteroatoms. The van der Waals surface area contributed by atoms with Crippen molar-refractivity contribution in [2.75, 3.05) is 11.9 Å². The minimum atomic E-state index is 0.119. The molecule has 0 aliphatic heterocycles. The summed E-state index contributed by atoms with van der Waals surface area (Å²) < 4.78 is 1.75. The van der Waals surface area contributed by atoms with Crippen molar-refractivity contribution in [3.05, 3.63) is 47.8 Å². The van der Waals surface area contributed by atoms with Gasteiger partial charge in [0.1, 0.15) is 0 Å². The van der Waals surface area contributed by atoms with Gasteiger partial charge >= 0.3 is 0 Å². The lowest BCUT2D eigenvalue weighted by atomic mass is 10.1. The molecule has 4 nitrogen and oxygen atoms in total. The first kappa shape index (κ1) is 14.6. The highest BCUT2D eigenvalue weighted by atomic mass is 16.3. The monoisotopic (exact) mass is 273 g/mol. The maximum Gasteiger partial charge on any atom is 0.0640 e. The molecular weight excluding hydrogens is 250 g/mol. The van der Waals surface area contributed by atoms with Crippen LogP contribution in [0.4, 0.5) is 5.69 Å². The summed E-state index contributed by atoms with van der Waals surface area (Å²) in [5.74, 6) is 0. The van der Waals surface area contributed by atoms with Crippen LogP contribution in [0, 0.1) is 0 Å². The van der Waals surface area contributed by atoms with Crippen LogP contribution in [-0.2, 0) is 19.5 Å². The minimum absolute atomic E-state index is 0.119. The van der Waals surface area contributed by atoms with E-state index in [1.807, 2.05) is 12.4 Å². The van der Waals surface area contributed by atoms with Gasteiger partial charge in [0, 0.05) is 24.0 Å². The number of anilines is 1. The second kappa shape index (κ2) is 7.70. The number of aryl methyl sites for hydroxylation is 1. The van der Waals surface area contributed by atoms with Crippen LogP contribution in [0.3, 0.4) is 0 Å². The molecule has 0 fully saturated rings. The van der Waals surface area contributed by atoms with Gasteiger partial charge in [-0.25, -0.2) is 0 Å². The van der Waals surface area contributed by atoms with Crippen LogP contribution in [0.15, 0.2) is 36.7 Å². The number of aliphatic hydroxyl groups excluding tert-OH is 1. The van der Waals surface area contributed by atoms with Crippen LogP contribution in [0.1, 0.15) is 30.9 Å². The summed E-state index contributed by atoms with van der Waals surface area (Å²) in [6.45, 7) is 3.63. The van der Waals surface area contributed by atoms with Crippen LogP contribution in [0.5, 0.6) is 0 Å². The van der Waals surface area contributed by atoms with Crippen molar-refractivity contribution >= 4 is 5.69 Å². The van der Waals surface area contributed by atoms with Gasteiger partial charge in [0.05, 0.1) is 19.3 Å². The topological polar surface area (TPSA) is 50.1 Å². The molecule has 1 aromatic carbocycles. The normalized spacial score (nSPS) is 10.7. The Labute approximate surface area is 120 Å². The number of aliphatic hydroxyl groups is 1. The van der Waals surface area contributed by atoms with E-state index in [0.717, 1.165) is 24.2 Å². The molecule has 1 aromatic heterocycles. The Balaban J connectivity index is 1.83. The molecule has 2 aromatic rings. The van der Waals surface area contributed by atoms with Crippen LogP contribution >= 0.6 is 0 Å². The molecule has 0 radical (unpaired) electrons. The molecule has 0 spiro atoms. The first-order valence-electron chi connectivity index (χ1n) is 7.27. The van der Waals surface area contributed by atoms with E-state index in [0.29, 0.717) is 6.54 Å². The van der Waals surface area contributed by atoms with Crippen molar-refractivity contribution in [1.29, 1.82) is 0 Å². The Kier molecular flexibility index (Phi) is 5.62. The lowest BCUT2D eigenvalue weighted by molar-refractivity contribution is 0.269. The van der Waals surface area contributed by atoms with Gasteiger partial charge in [-0.3, -0.25) is 4.68 Å². The highest BCUT2D eigenvalue weighted by Gasteiger charge is 1.99. The standard InChI is InChI=1S/C16H23N3O/c1-2-3-4-14-5-7-16(8-6-14)17-11-15-12-18-19(13-15)9-10-20/h5-8,12-13,17,20H,2-4,9-11H2,1H3. The van der Waals surface area contributed by atoms with E-state index >= 15 is 0 Å². The highest BCUT2D eigenvalue weighted by Crippen LogP contribution is 2.13. The summed E-state index contributed by atoms with van der Waals surface area (Å²) in [5.41, 5.74) is 3.64.